The first-order valence-corrected chi connectivity index (χ1v) is 18.0. The van der Waals surface area contributed by atoms with Crippen molar-refractivity contribution in [3.63, 3.8) is 0 Å². The second-order valence-electron chi connectivity index (χ2n) is 11.9. The molecule has 3 N–H and O–H groups in total. The van der Waals surface area contributed by atoms with Gasteiger partial charge in [-0.25, -0.2) is 18.2 Å². The van der Waals surface area contributed by atoms with E-state index in [1.54, 1.807) is 22.9 Å². The van der Waals surface area contributed by atoms with E-state index in [4.69, 9.17) is 11.6 Å². The predicted octanol–water partition coefficient (Wildman–Crippen LogP) is 6.82. The molecule has 0 aliphatic heterocycles. The van der Waals surface area contributed by atoms with Crippen LogP contribution in [0.5, 0.6) is 0 Å². The molecule has 13 heteroatoms. The van der Waals surface area contributed by atoms with Crippen LogP contribution in [0.1, 0.15) is 31.2 Å². The average molecular weight is 685 g/mol. The fraction of sp³-hybridized carbons (Fsp3) is 0.257. The lowest BCUT2D eigenvalue weighted by molar-refractivity contribution is 0.240. The molecular weight excluding hydrogens is 648 g/mol. The van der Waals surface area contributed by atoms with Gasteiger partial charge in [-0.1, -0.05) is 66.2 Å². The lowest BCUT2D eigenvalue weighted by Crippen LogP contribution is -2.48. The predicted molar refractivity (Wildman–Crippen MR) is 189 cm³/mol. The SMILES string of the molecule is Cn1cc(-c2ccc(N(C(=O)NCc3ccccc3)C3CCC(Nc4ncc(Cl)c(Nc5ccccc5S(C)(=O)=O)n4)CC3)cc2)cn1. The van der Waals surface area contributed by atoms with Crippen molar-refractivity contribution in [3.8, 4) is 11.1 Å². The number of carbonyl (C=O) groups is 1. The van der Waals surface area contributed by atoms with Crippen molar-refractivity contribution in [2.45, 2.75) is 49.2 Å². The lowest BCUT2D eigenvalue weighted by Gasteiger charge is -2.37. The van der Waals surface area contributed by atoms with E-state index in [1.807, 2.05) is 78.9 Å². The zero-order chi connectivity index (χ0) is 33.7. The highest BCUT2D eigenvalue weighted by Gasteiger charge is 2.30. The molecular formula is C35H37ClN8O3S. The van der Waals surface area contributed by atoms with Crippen LogP contribution >= 0.6 is 11.6 Å². The van der Waals surface area contributed by atoms with Crippen molar-refractivity contribution in [1.29, 1.82) is 0 Å². The Morgan fingerprint density at radius 2 is 1.65 bits per heavy atom. The Labute approximate surface area is 285 Å². The molecule has 3 aromatic carbocycles. The summed E-state index contributed by atoms with van der Waals surface area (Å²) in [4.78, 5) is 24.7. The van der Waals surface area contributed by atoms with Crippen LogP contribution in [0.3, 0.4) is 0 Å². The van der Waals surface area contributed by atoms with Gasteiger partial charge in [0.15, 0.2) is 15.7 Å². The fourth-order valence-electron chi connectivity index (χ4n) is 5.94. The van der Waals surface area contributed by atoms with Crippen LogP contribution in [0.25, 0.3) is 11.1 Å². The minimum Gasteiger partial charge on any atom is -0.351 e. The van der Waals surface area contributed by atoms with Crippen molar-refractivity contribution in [2.24, 2.45) is 7.05 Å². The maximum Gasteiger partial charge on any atom is 0.322 e. The first-order valence-electron chi connectivity index (χ1n) is 15.7. The molecule has 1 aliphatic carbocycles. The maximum atomic E-state index is 13.8. The van der Waals surface area contributed by atoms with E-state index < -0.39 is 9.84 Å². The number of nitrogens with zero attached hydrogens (tertiary/aromatic N) is 5. The second-order valence-corrected chi connectivity index (χ2v) is 14.3. The van der Waals surface area contributed by atoms with Gasteiger partial charge in [0, 0.05) is 49.4 Å². The number of para-hydroxylation sites is 1. The Morgan fingerprint density at radius 1 is 0.938 bits per heavy atom. The number of halogens is 1. The molecule has 0 unspecified atom stereocenters. The molecule has 1 fully saturated rings. The highest BCUT2D eigenvalue weighted by Crippen LogP contribution is 2.32. The highest BCUT2D eigenvalue weighted by atomic mass is 35.5. The molecule has 2 heterocycles. The fourth-order valence-corrected chi connectivity index (χ4v) is 6.93. The van der Waals surface area contributed by atoms with E-state index in [-0.39, 0.29) is 28.0 Å². The van der Waals surface area contributed by atoms with E-state index in [2.05, 4.69) is 31.0 Å². The average Bonchev–Trinajstić information content (AvgIpc) is 3.53. The molecule has 1 aliphatic rings. The monoisotopic (exact) mass is 684 g/mol. The highest BCUT2D eigenvalue weighted by molar-refractivity contribution is 7.90. The summed E-state index contributed by atoms with van der Waals surface area (Å²) < 4.78 is 26.4. The van der Waals surface area contributed by atoms with E-state index in [1.165, 1.54) is 12.3 Å². The van der Waals surface area contributed by atoms with E-state index in [0.717, 1.165) is 54.3 Å². The summed E-state index contributed by atoms with van der Waals surface area (Å²) in [5.74, 6) is 0.681. The first kappa shape index (κ1) is 33.0. The smallest absolute Gasteiger partial charge is 0.322 e. The molecule has 11 nitrogen and oxygen atoms in total. The van der Waals surface area contributed by atoms with Crippen LogP contribution in [0.2, 0.25) is 5.02 Å². The normalized spacial score (nSPS) is 16.2. The van der Waals surface area contributed by atoms with Crippen molar-refractivity contribution in [3.05, 3.63) is 108 Å². The Morgan fingerprint density at radius 3 is 2.33 bits per heavy atom. The van der Waals surface area contributed by atoms with Crippen molar-refractivity contribution in [2.75, 3.05) is 21.8 Å². The largest absolute Gasteiger partial charge is 0.351 e. The van der Waals surface area contributed by atoms with Crippen LogP contribution in [-0.2, 0) is 23.4 Å². The zero-order valence-electron chi connectivity index (χ0n) is 26.7. The van der Waals surface area contributed by atoms with Gasteiger partial charge in [0.05, 0.1) is 23.0 Å². The molecule has 0 bridgehead atoms. The van der Waals surface area contributed by atoms with Gasteiger partial charge in [0.25, 0.3) is 0 Å². The molecule has 0 saturated heterocycles. The third-order valence-corrected chi connectivity index (χ3v) is 9.80. The number of hydrogen-bond acceptors (Lipinski definition) is 8. The Bertz CT molecular complexity index is 1980. The molecule has 248 valence electrons. The molecule has 2 amide bonds. The standard InChI is InChI=1S/C35H37ClN8O3S/c1-43-23-26(21-39-43)25-12-16-28(17-13-25)44(35(45)38-20-24-8-4-3-5-9-24)29-18-14-27(15-19-29)40-34-37-22-30(36)33(42-34)41-31-10-6-7-11-32(31)48(2,46)47/h3-13,16-17,21-23,27,29H,14-15,18-20H2,1-2H3,(H,38,45)(H2,37,40,41,42). The zero-order valence-corrected chi connectivity index (χ0v) is 28.2. The summed E-state index contributed by atoms with van der Waals surface area (Å²) in [6.07, 6.45) is 9.53. The minimum atomic E-state index is -3.47. The summed E-state index contributed by atoms with van der Waals surface area (Å²) in [5.41, 5.74) is 4.28. The Hall–Kier alpha value is -4.94. The van der Waals surface area contributed by atoms with Gasteiger partial charge in [-0.05, 0) is 61.1 Å². The molecule has 0 atom stereocenters. The molecule has 48 heavy (non-hydrogen) atoms. The number of nitrogens with one attached hydrogen (secondary N) is 3. The molecule has 0 radical (unpaired) electrons. The van der Waals surface area contributed by atoms with Crippen LogP contribution < -0.4 is 20.9 Å². The van der Waals surface area contributed by atoms with Gasteiger partial charge in [-0.15, -0.1) is 0 Å². The number of hydrogen-bond donors (Lipinski definition) is 3. The van der Waals surface area contributed by atoms with Gasteiger partial charge in [0.1, 0.15) is 5.02 Å². The van der Waals surface area contributed by atoms with Crippen molar-refractivity contribution >= 4 is 50.6 Å². The summed E-state index contributed by atoms with van der Waals surface area (Å²) in [5, 5.41) is 14.1. The Kier molecular flexibility index (Phi) is 9.93. The number of aromatic nitrogens is 4. The third kappa shape index (κ3) is 7.95. The quantitative estimate of drug-likeness (QED) is 0.146. The summed E-state index contributed by atoms with van der Waals surface area (Å²) in [6, 6.07) is 24.4. The minimum absolute atomic E-state index is 0.0149. The third-order valence-electron chi connectivity index (χ3n) is 8.37. The topological polar surface area (TPSA) is 134 Å². The van der Waals surface area contributed by atoms with Crippen LogP contribution in [-0.4, -0.2) is 52.5 Å². The van der Waals surface area contributed by atoms with Crippen molar-refractivity contribution < 1.29 is 13.2 Å². The number of amides is 2. The summed E-state index contributed by atoms with van der Waals surface area (Å²) in [7, 11) is -1.58. The van der Waals surface area contributed by atoms with Gasteiger partial charge in [-0.3, -0.25) is 9.58 Å². The lowest BCUT2D eigenvalue weighted by atomic mass is 9.90. The number of rotatable bonds is 10. The molecule has 6 rings (SSSR count). The number of carbonyl (C=O) groups excluding carboxylic acids is 1. The molecule has 1 saturated carbocycles. The second kappa shape index (κ2) is 14.4. The summed E-state index contributed by atoms with van der Waals surface area (Å²) >= 11 is 6.40. The first-order chi connectivity index (χ1) is 23.1. The number of benzene rings is 3. The van der Waals surface area contributed by atoms with Crippen LogP contribution in [0.4, 0.5) is 27.9 Å². The Balaban J connectivity index is 1.15. The van der Waals surface area contributed by atoms with E-state index in [9.17, 15) is 13.2 Å². The number of urea groups is 1. The number of sulfone groups is 1. The molecule has 2 aromatic heterocycles. The maximum absolute atomic E-state index is 13.8. The number of aryl methyl sites for hydroxylation is 1. The van der Waals surface area contributed by atoms with Gasteiger partial charge in [-0.2, -0.15) is 10.1 Å². The van der Waals surface area contributed by atoms with Gasteiger partial charge < -0.3 is 16.0 Å². The summed E-state index contributed by atoms with van der Waals surface area (Å²) in [6.45, 7) is 0.430. The van der Waals surface area contributed by atoms with Crippen LogP contribution in [0, 0.1) is 0 Å². The number of anilines is 4. The molecule has 0 spiro atoms. The van der Waals surface area contributed by atoms with E-state index >= 15 is 0 Å². The molecule has 5 aromatic rings. The van der Waals surface area contributed by atoms with Gasteiger partial charge >= 0.3 is 6.03 Å². The van der Waals surface area contributed by atoms with Crippen LogP contribution in [0.15, 0.2) is 102 Å². The van der Waals surface area contributed by atoms with Gasteiger partial charge in [0.2, 0.25) is 5.95 Å². The van der Waals surface area contributed by atoms with Crippen molar-refractivity contribution in [1.82, 2.24) is 25.1 Å². The van der Waals surface area contributed by atoms with E-state index in [0.29, 0.717) is 24.0 Å².